The van der Waals surface area contributed by atoms with Gasteiger partial charge in [0.1, 0.15) is 12.3 Å². The summed E-state index contributed by atoms with van der Waals surface area (Å²) in [5.41, 5.74) is 3.37. The molecule has 0 aliphatic carbocycles. The topological polar surface area (TPSA) is 53.9 Å². The zero-order chi connectivity index (χ0) is 11.1. The van der Waals surface area contributed by atoms with E-state index in [4.69, 9.17) is 4.74 Å². The molecule has 2 heterocycles. The first kappa shape index (κ1) is 9.21. The van der Waals surface area contributed by atoms with E-state index in [1.54, 1.807) is 0 Å². The average molecular weight is 217 g/mol. The van der Waals surface area contributed by atoms with Crippen LogP contribution in [0.25, 0.3) is 0 Å². The monoisotopic (exact) mass is 217 g/mol. The van der Waals surface area contributed by atoms with Gasteiger partial charge < -0.3 is 9.64 Å². The Bertz CT molecular complexity index is 484. The Hall–Kier alpha value is -2.04. The number of carbonyl (C=O) groups excluding carboxylic acids is 1. The molecule has 5 heteroatoms. The van der Waals surface area contributed by atoms with E-state index in [1.807, 2.05) is 36.1 Å². The lowest BCUT2D eigenvalue weighted by atomic mass is 10.1. The van der Waals surface area contributed by atoms with E-state index < -0.39 is 0 Å². The number of hydrogen-bond donors (Lipinski definition) is 1. The molecule has 0 radical (unpaired) electrons. The Labute approximate surface area is 92.7 Å². The Morgan fingerprint density at radius 3 is 3.19 bits per heavy atom. The highest BCUT2D eigenvalue weighted by Crippen LogP contribution is 2.34. The van der Waals surface area contributed by atoms with Crippen molar-refractivity contribution in [3.8, 4) is 5.75 Å². The molecule has 0 aromatic heterocycles. The van der Waals surface area contributed by atoms with Gasteiger partial charge in [0, 0.05) is 0 Å². The van der Waals surface area contributed by atoms with Crippen molar-refractivity contribution in [3.63, 3.8) is 0 Å². The Balaban J connectivity index is 2.12. The van der Waals surface area contributed by atoms with Crippen LogP contribution in [-0.2, 0) is 4.79 Å². The lowest BCUT2D eigenvalue weighted by molar-refractivity contribution is -0.119. The Morgan fingerprint density at radius 1 is 1.50 bits per heavy atom. The maximum atomic E-state index is 11.3. The molecule has 2 aliphatic heterocycles. The van der Waals surface area contributed by atoms with Gasteiger partial charge >= 0.3 is 0 Å². The van der Waals surface area contributed by atoms with Gasteiger partial charge in [-0.2, -0.15) is 5.10 Å². The number of nitrogens with zero attached hydrogens (tertiary/aromatic N) is 2. The van der Waals surface area contributed by atoms with E-state index in [-0.39, 0.29) is 12.0 Å². The van der Waals surface area contributed by atoms with Gasteiger partial charge in [0.05, 0.1) is 5.69 Å². The molecule has 1 unspecified atom stereocenters. The molecule has 2 aliphatic rings. The van der Waals surface area contributed by atoms with Gasteiger partial charge in [-0.3, -0.25) is 4.79 Å². The number of benzene rings is 1. The van der Waals surface area contributed by atoms with Gasteiger partial charge in [-0.1, -0.05) is 12.1 Å². The number of rotatable bonds is 0. The van der Waals surface area contributed by atoms with Gasteiger partial charge in [-0.05, 0) is 19.1 Å². The molecule has 1 aromatic rings. The van der Waals surface area contributed by atoms with E-state index in [2.05, 4.69) is 10.5 Å². The van der Waals surface area contributed by atoms with Crippen molar-refractivity contribution in [2.45, 2.75) is 13.0 Å². The number of amidine groups is 1. The predicted molar refractivity (Wildman–Crippen MR) is 59.5 cm³/mol. The second-order valence-corrected chi connectivity index (χ2v) is 3.82. The smallest absolute Gasteiger partial charge is 0.260 e. The maximum Gasteiger partial charge on any atom is 0.260 e. The summed E-state index contributed by atoms with van der Waals surface area (Å²) in [4.78, 5) is 13.2. The molecule has 3 rings (SSSR count). The fraction of sp³-hybridized carbons (Fsp3) is 0.273. The quantitative estimate of drug-likeness (QED) is 0.696. The molecule has 1 atom stereocenters. The van der Waals surface area contributed by atoms with Crippen LogP contribution in [-0.4, -0.2) is 24.4 Å². The zero-order valence-electron chi connectivity index (χ0n) is 8.80. The molecule has 0 fully saturated rings. The summed E-state index contributed by atoms with van der Waals surface area (Å²) in [6.07, 6.45) is -0.143. The van der Waals surface area contributed by atoms with Crippen molar-refractivity contribution < 1.29 is 9.53 Å². The van der Waals surface area contributed by atoms with Crippen LogP contribution in [0.5, 0.6) is 5.75 Å². The number of ether oxygens (including phenoxy) is 1. The van der Waals surface area contributed by atoms with Crippen LogP contribution < -0.4 is 15.1 Å². The van der Waals surface area contributed by atoms with E-state index in [9.17, 15) is 4.79 Å². The van der Waals surface area contributed by atoms with Crippen LogP contribution in [0.15, 0.2) is 29.4 Å². The lowest BCUT2D eigenvalue weighted by Crippen LogP contribution is -2.53. The maximum absolute atomic E-state index is 11.3. The third-order valence-corrected chi connectivity index (χ3v) is 2.70. The first-order valence-electron chi connectivity index (χ1n) is 5.15. The largest absolute Gasteiger partial charge is 0.481 e. The van der Waals surface area contributed by atoms with Crippen LogP contribution in [0.3, 0.4) is 0 Å². The summed E-state index contributed by atoms with van der Waals surface area (Å²) < 4.78 is 5.71. The SMILES string of the molecule is CC1Oc2ccccc2N2CC(=O)NN=C12. The third kappa shape index (κ3) is 1.25. The second-order valence-electron chi connectivity index (χ2n) is 3.82. The highest BCUT2D eigenvalue weighted by molar-refractivity contribution is 6.09. The Kier molecular flexibility index (Phi) is 1.86. The highest BCUT2D eigenvalue weighted by Gasteiger charge is 2.33. The molecular formula is C11H11N3O2. The standard InChI is InChI=1S/C11H11N3O2/c1-7-11-13-12-10(15)6-14(11)8-4-2-3-5-9(8)16-7/h2-5,7H,6H2,1H3,(H,12,15). The van der Waals surface area contributed by atoms with Crippen LogP contribution in [0, 0.1) is 0 Å². The van der Waals surface area contributed by atoms with Crippen molar-refractivity contribution in [3.05, 3.63) is 24.3 Å². The molecule has 1 amide bonds. The minimum Gasteiger partial charge on any atom is -0.481 e. The number of hydrogen-bond acceptors (Lipinski definition) is 4. The third-order valence-electron chi connectivity index (χ3n) is 2.70. The number of amides is 1. The number of fused-ring (bicyclic) bond motifs is 3. The molecule has 5 nitrogen and oxygen atoms in total. The summed E-state index contributed by atoms with van der Waals surface area (Å²) in [7, 11) is 0. The van der Waals surface area contributed by atoms with E-state index in [1.165, 1.54) is 0 Å². The molecule has 1 N–H and O–H groups in total. The molecule has 16 heavy (non-hydrogen) atoms. The first-order chi connectivity index (χ1) is 7.75. The first-order valence-corrected chi connectivity index (χ1v) is 5.15. The minimum atomic E-state index is -0.143. The van der Waals surface area contributed by atoms with Gasteiger partial charge in [0.2, 0.25) is 0 Å². The second kappa shape index (κ2) is 3.23. The van der Waals surface area contributed by atoms with Crippen molar-refractivity contribution in [2.75, 3.05) is 11.4 Å². The fourth-order valence-corrected chi connectivity index (χ4v) is 1.98. The average Bonchev–Trinajstić information content (AvgIpc) is 2.29. The van der Waals surface area contributed by atoms with Crippen LogP contribution in [0.1, 0.15) is 6.92 Å². The van der Waals surface area contributed by atoms with Crippen molar-refractivity contribution in [1.82, 2.24) is 5.43 Å². The minimum absolute atomic E-state index is 0.104. The number of anilines is 1. The number of carbonyl (C=O) groups is 1. The Morgan fingerprint density at radius 2 is 2.31 bits per heavy atom. The van der Waals surface area contributed by atoms with E-state index >= 15 is 0 Å². The van der Waals surface area contributed by atoms with Crippen molar-refractivity contribution >= 4 is 17.4 Å². The summed E-state index contributed by atoms with van der Waals surface area (Å²) >= 11 is 0. The molecule has 1 aromatic carbocycles. The van der Waals surface area contributed by atoms with Gasteiger partial charge in [0.25, 0.3) is 5.91 Å². The van der Waals surface area contributed by atoms with Crippen molar-refractivity contribution in [1.29, 1.82) is 0 Å². The highest BCUT2D eigenvalue weighted by atomic mass is 16.5. The van der Waals surface area contributed by atoms with Crippen LogP contribution in [0.2, 0.25) is 0 Å². The summed E-state index contributed by atoms with van der Waals surface area (Å²) in [5, 5.41) is 4.03. The fourth-order valence-electron chi connectivity index (χ4n) is 1.98. The molecule has 82 valence electrons. The number of para-hydroxylation sites is 2. The van der Waals surface area contributed by atoms with Gasteiger partial charge in [0.15, 0.2) is 11.9 Å². The molecular weight excluding hydrogens is 206 g/mol. The van der Waals surface area contributed by atoms with Crippen molar-refractivity contribution in [2.24, 2.45) is 5.10 Å². The van der Waals surface area contributed by atoms with Crippen LogP contribution >= 0.6 is 0 Å². The predicted octanol–water partition coefficient (Wildman–Crippen LogP) is 0.717. The molecule has 0 saturated carbocycles. The van der Waals surface area contributed by atoms with E-state index in [0.717, 1.165) is 17.3 Å². The lowest BCUT2D eigenvalue weighted by Gasteiger charge is -2.37. The summed E-state index contributed by atoms with van der Waals surface area (Å²) in [6.45, 7) is 2.21. The number of hydrazone groups is 1. The normalized spacial score (nSPS) is 22.6. The van der Waals surface area contributed by atoms with Gasteiger partial charge in [-0.15, -0.1) is 0 Å². The van der Waals surface area contributed by atoms with E-state index in [0.29, 0.717) is 6.54 Å². The summed E-state index contributed by atoms with van der Waals surface area (Å²) in [5.74, 6) is 1.44. The molecule has 0 saturated heterocycles. The van der Waals surface area contributed by atoms with Crippen LogP contribution in [0.4, 0.5) is 5.69 Å². The molecule has 0 bridgehead atoms. The molecule has 0 spiro atoms. The summed E-state index contributed by atoms with van der Waals surface area (Å²) in [6, 6.07) is 7.66. The van der Waals surface area contributed by atoms with Gasteiger partial charge in [-0.25, -0.2) is 5.43 Å². The number of nitrogens with one attached hydrogen (secondary N) is 1. The zero-order valence-corrected chi connectivity index (χ0v) is 8.80.